The predicted molar refractivity (Wildman–Crippen MR) is 118 cm³/mol. The van der Waals surface area contributed by atoms with Crippen LogP contribution in [-0.4, -0.2) is 23.0 Å². The fourth-order valence-electron chi connectivity index (χ4n) is 3.82. The van der Waals surface area contributed by atoms with Crippen LogP contribution in [0.25, 0.3) is 20.5 Å². The second-order valence-corrected chi connectivity index (χ2v) is 8.00. The Hall–Kier alpha value is -3.38. The van der Waals surface area contributed by atoms with Crippen LogP contribution >= 0.6 is 11.3 Å². The number of nitrogens with zero attached hydrogens (tertiary/aromatic N) is 2. The lowest BCUT2D eigenvalue weighted by Gasteiger charge is -2.11. The number of nitrogens with one attached hydrogen (secondary N) is 1. The Morgan fingerprint density at radius 2 is 1.97 bits per heavy atom. The number of fused-ring (bicyclic) bond motifs is 2. The largest absolute Gasteiger partial charge is 0.497 e. The molecular formula is C23H19N3O2S. The Kier molecular flexibility index (Phi) is 4.41. The van der Waals surface area contributed by atoms with E-state index in [1.54, 1.807) is 18.4 Å². The molecule has 0 amide bonds. The molecule has 5 nitrogen and oxygen atoms in total. The molecule has 1 aliphatic carbocycles. The van der Waals surface area contributed by atoms with Gasteiger partial charge in [0.15, 0.2) is 0 Å². The van der Waals surface area contributed by atoms with Crippen molar-refractivity contribution in [3.8, 4) is 16.2 Å². The van der Waals surface area contributed by atoms with Crippen LogP contribution in [0.15, 0.2) is 66.1 Å². The molecule has 2 aromatic carbocycles. The number of ether oxygens (including phenoxy) is 1. The summed E-state index contributed by atoms with van der Waals surface area (Å²) in [6.45, 7) is 0. The first-order chi connectivity index (χ1) is 14.3. The van der Waals surface area contributed by atoms with Gasteiger partial charge in [-0.3, -0.25) is 4.98 Å². The maximum Gasteiger partial charge on any atom is 0.118 e. The minimum absolute atomic E-state index is 0.762. The molecule has 1 aliphatic rings. The molecule has 0 saturated carbocycles. The average molecular weight is 401 g/mol. The molecular weight excluding hydrogens is 382 g/mol. The third-order valence-electron chi connectivity index (χ3n) is 5.28. The van der Waals surface area contributed by atoms with Gasteiger partial charge in [0.2, 0.25) is 0 Å². The van der Waals surface area contributed by atoms with E-state index >= 15 is 0 Å². The van der Waals surface area contributed by atoms with Crippen molar-refractivity contribution in [2.24, 2.45) is 5.16 Å². The van der Waals surface area contributed by atoms with E-state index in [0.29, 0.717) is 0 Å². The Morgan fingerprint density at radius 3 is 2.76 bits per heavy atom. The maximum absolute atomic E-state index is 9.17. The molecule has 0 bridgehead atoms. The smallest absolute Gasteiger partial charge is 0.118 e. The second-order valence-electron chi connectivity index (χ2n) is 6.95. The molecule has 0 spiro atoms. The molecule has 0 saturated heterocycles. The molecule has 29 heavy (non-hydrogen) atoms. The summed E-state index contributed by atoms with van der Waals surface area (Å²) in [5.74, 6) is 0.839. The van der Waals surface area contributed by atoms with E-state index in [4.69, 9.17) is 9.94 Å². The SMILES string of the molecule is COc1ccc(-c2sc3cnccc3c2Nc2ccc3c(c2)CC/C3=N\O)cc1. The highest BCUT2D eigenvalue weighted by atomic mass is 32.1. The number of rotatable bonds is 4. The lowest BCUT2D eigenvalue weighted by Crippen LogP contribution is -1.96. The third kappa shape index (κ3) is 3.11. The molecule has 0 unspecified atom stereocenters. The van der Waals surface area contributed by atoms with Gasteiger partial charge in [-0.05, 0) is 66.4 Å². The Labute approximate surface area is 172 Å². The molecule has 0 aliphatic heterocycles. The van der Waals surface area contributed by atoms with Crippen LogP contribution in [0.2, 0.25) is 0 Å². The molecule has 4 aromatic rings. The summed E-state index contributed by atoms with van der Waals surface area (Å²) in [6, 6.07) is 16.4. The van der Waals surface area contributed by atoms with Crippen LogP contribution in [0.1, 0.15) is 17.5 Å². The normalized spacial score (nSPS) is 14.3. The zero-order chi connectivity index (χ0) is 19.8. The van der Waals surface area contributed by atoms with Gasteiger partial charge in [0, 0.05) is 29.0 Å². The Morgan fingerprint density at radius 1 is 1.10 bits per heavy atom. The predicted octanol–water partition coefficient (Wildman–Crippen LogP) is 5.84. The monoisotopic (exact) mass is 401 g/mol. The van der Waals surface area contributed by atoms with Gasteiger partial charge in [-0.1, -0.05) is 11.2 Å². The third-order valence-corrected chi connectivity index (χ3v) is 6.47. The minimum Gasteiger partial charge on any atom is -0.497 e. The first kappa shape index (κ1) is 17.7. The Bertz CT molecular complexity index is 1230. The zero-order valence-electron chi connectivity index (χ0n) is 15.8. The standard InChI is InChI=1S/C23H19N3O2S/c1-28-17-6-2-14(3-7-17)23-22(19-10-11-24-13-21(19)29-23)25-16-5-8-18-15(12-16)4-9-20(18)26-27/h2-3,5-8,10-13,25,27H,4,9H2,1H3/b26-20+. The van der Waals surface area contributed by atoms with E-state index in [2.05, 4.69) is 33.7 Å². The highest BCUT2D eigenvalue weighted by Gasteiger charge is 2.20. The van der Waals surface area contributed by atoms with Crippen molar-refractivity contribution in [2.75, 3.05) is 12.4 Å². The molecule has 5 rings (SSSR count). The summed E-state index contributed by atoms with van der Waals surface area (Å²) in [4.78, 5) is 5.45. The van der Waals surface area contributed by atoms with E-state index in [9.17, 15) is 0 Å². The highest BCUT2D eigenvalue weighted by Crippen LogP contribution is 2.44. The fraction of sp³-hybridized carbons (Fsp3) is 0.130. The van der Waals surface area contributed by atoms with Gasteiger partial charge < -0.3 is 15.3 Å². The van der Waals surface area contributed by atoms with Crippen molar-refractivity contribution in [1.29, 1.82) is 0 Å². The van der Waals surface area contributed by atoms with Crippen LogP contribution in [0, 0.1) is 0 Å². The molecule has 2 N–H and O–H groups in total. The fourth-order valence-corrected chi connectivity index (χ4v) is 4.95. The molecule has 0 radical (unpaired) electrons. The van der Waals surface area contributed by atoms with Gasteiger partial charge in [-0.15, -0.1) is 11.3 Å². The lowest BCUT2D eigenvalue weighted by molar-refractivity contribution is 0.318. The van der Waals surface area contributed by atoms with E-state index in [1.807, 2.05) is 42.7 Å². The van der Waals surface area contributed by atoms with Crippen LogP contribution in [-0.2, 0) is 6.42 Å². The molecule has 144 valence electrons. The van der Waals surface area contributed by atoms with Gasteiger partial charge in [0.1, 0.15) is 5.75 Å². The van der Waals surface area contributed by atoms with Crippen LogP contribution in [0.5, 0.6) is 5.75 Å². The van der Waals surface area contributed by atoms with Gasteiger partial charge >= 0.3 is 0 Å². The number of benzene rings is 2. The molecule has 6 heteroatoms. The number of pyridine rings is 1. The first-order valence-electron chi connectivity index (χ1n) is 9.39. The maximum atomic E-state index is 9.17. The first-order valence-corrected chi connectivity index (χ1v) is 10.2. The van der Waals surface area contributed by atoms with E-state index in [0.717, 1.165) is 61.8 Å². The van der Waals surface area contributed by atoms with E-state index in [-0.39, 0.29) is 0 Å². The van der Waals surface area contributed by atoms with Crippen LogP contribution in [0.3, 0.4) is 0 Å². The number of anilines is 2. The minimum atomic E-state index is 0.762. The number of aromatic nitrogens is 1. The molecule has 2 heterocycles. The molecule has 2 aromatic heterocycles. The summed E-state index contributed by atoms with van der Waals surface area (Å²) in [7, 11) is 1.67. The highest BCUT2D eigenvalue weighted by molar-refractivity contribution is 7.23. The average Bonchev–Trinajstić information content (AvgIpc) is 3.35. The zero-order valence-corrected chi connectivity index (χ0v) is 16.7. The lowest BCUT2D eigenvalue weighted by atomic mass is 10.1. The molecule has 0 fully saturated rings. The van der Waals surface area contributed by atoms with E-state index < -0.39 is 0 Å². The van der Waals surface area contributed by atoms with Crippen molar-refractivity contribution in [3.05, 3.63) is 72.1 Å². The second kappa shape index (κ2) is 7.22. The summed E-state index contributed by atoms with van der Waals surface area (Å²) in [5, 5.41) is 17.4. The number of hydrogen-bond donors (Lipinski definition) is 2. The molecule has 0 atom stereocenters. The van der Waals surface area contributed by atoms with Crippen molar-refractivity contribution in [1.82, 2.24) is 4.98 Å². The number of hydrogen-bond acceptors (Lipinski definition) is 6. The summed E-state index contributed by atoms with van der Waals surface area (Å²) in [6.07, 6.45) is 5.40. The van der Waals surface area contributed by atoms with Crippen molar-refractivity contribution in [2.45, 2.75) is 12.8 Å². The number of thiophene rings is 1. The Balaban J connectivity index is 1.59. The summed E-state index contributed by atoms with van der Waals surface area (Å²) in [5.41, 5.74) is 6.23. The quantitative estimate of drug-likeness (QED) is 0.333. The van der Waals surface area contributed by atoms with Gasteiger partial charge in [-0.2, -0.15) is 0 Å². The van der Waals surface area contributed by atoms with Gasteiger partial charge in [0.25, 0.3) is 0 Å². The van der Waals surface area contributed by atoms with Crippen molar-refractivity contribution >= 4 is 38.5 Å². The van der Waals surface area contributed by atoms with Crippen LogP contribution < -0.4 is 10.1 Å². The topological polar surface area (TPSA) is 66.7 Å². The van der Waals surface area contributed by atoms with Crippen molar-refractivity contribution < 1.29 is 9.94 Å². The number of oxime groups is 1. The van der Waals surface area contributed by atoms with Gasteiger partial charge in [-0.25, -0.2) is 0 Å². The van der Waals surface area contributed by atoms with Gasteiger partial charge in [0.05, 0.1) is 28.1 Å². The van der Waals surface area contributed by atoms with Crippen LogP contribution in [0.4, 0.5) is 11.4 Å². The summed E-state index contributed by atoms with van der Waals surface area (Å²) < 4.78 is 6.44. The van der Waals surface area contributed by atoms with E-state index in [1.165, 1.54) is 5.56 Å². The summed E-state index contributed by atoms with van der Waals surface area (Å²) >= 11 is 1.72. The number of methoxy groups -OCH3 is 1. The number of aryl methyl sites for hydroxylation is 1. The van der Waals surface area contributed by atoms with Crippen molar-refractivity contribution in [3.63, 3.8) is 0 Å².